The van der Waals surface area contributed by atoms with Crippen LogP contribution in [-0.2, 0) is 11.8 Å². The second-order valence-electron chi connectivity index (χ2n) is 4.94. The van der Waals surface area contributed by atoms with E-state index < -0.39 is 37.8 Å². The Labute approximate surface area is 119 Å². The van der Waals surface area contributed by atoms with Crippen molar-refractivity contribution in [3.8, 4) is 5.75 Å². The fraction of sp³-hybridized carbons (Fsp3) is 0.600. The minimum absolute atomic E-state index is 0.000460. The van der Waals surface area contributed by atoms with Crippen molar-refractivity contribution in [3.05, 3.63) is 23.2 Å². The summed E-state index contributed by atoms with van der Waals surface area (Å²) in [6, 6.07) is -0.209. The Morgan fingerprint density at radius 2 is 2.50 bits per heavy atom. The highest BCUT2D eigenvalue weighted by Crippen LogP contribution is 2.47. The van der Waals surface area contributed by atoms with Crippen LogP contribution in [0, 0.1) is 0 Å². The van der Waals surface area contributed by atoms with Crippen LogP contribution in [0.2, 0.25) is 0 Å². The molecule has 18 heavy (non-hydrogen) atoms. The number of anilines is 1. The zero-order valence-corrected chi connectivity index (χ0v) is 10.1. The van der Waals surface area contributed by atoms with Gasteiger partial charge >= 0.3 is 0 Å². The largest absolute Gasteiger partial charge is 0.492 e. The Morgan fingerprint density at radius 1 is 1.56 bits per heavy atom. The Bertz CT molecular complexity index is 790. The highest BCUT2D eigenvalue weighted by Gasteiger charge is 2.43. The average Bonchev–Trinajstić information content (AvgIpc) is 3.04. The summed E-state index contributed by atoms with van der Waals surface area (Å²) >= 11 is 0. The van der Waals surface area contributed by atoms with Crippen molar-refractivity contribution in [2.45, 2.75) is 24.6 Å². The molecule has 1 aromatic rings. The number of hydrogen-bond acceptors (Lipinski definition) is 3. The van der Waals surface area contributed by atoms with E-state index in [0.29, 0.717) is 6.54 Å². The van der Waals surface area contributed by atoms with Crippen molar-refractivity contribution < 1.29 is 15.7 Å². The molecule has 1 saturated heterocycles. The van der Waals surface area contributed by atoms with Crippen molar-refractivity contribution in [1.82, 2.24) is 4.90 Å². The van der Waals surface area contributed by atoms with E-state index in [1.807, 2.05) is 0 Å². The lowest BCUT2D eigenvalue weighted by atomic mass is 9.74. The lowest BCUT2D eigenvalue weighted by molar-refractivity contribution is 0.155. The van der Waals surface area contributed by atoms with Crippen LogP contribution in [0.5, 0.6) is 5.75 Å². The number of ether oxygens (including phenoxy) is 1. The molecule has 0 saturated carbocycles. The van der Waals surface area contributed by atoms with Crippen molar-refractivity contribution in [2.24, 2.45) is 0 Å². The molecule has 4 rings (SSSR count). The van der Waals surface area contributed by atoms with Gasteiger partial charge < -0.3 is 15.0 Å². The maximum atomic E-state index is 8.61. The first-order valence-corrected chi connectivity index (χ1v) is 6.06. The van der Waals surface area contributed by atoms with Crippen LogP contribution in [0.15, 0.2) is 12.1 Å². The van der Waals surface area contributed by atoms with Crippen molar-refractivity contribution in [3.63, 3.8) is 0 Å². The summed E-state index contributed by atoms with van der Waals surface area (Å²) in [6.07, 6.45) is -2.15. The van der Waals surface area contributed by atoms with Crippen LogP contribution >= 0.6 is 0 Å². The number of likely N-dealkylation sites (tertiary alicyclic amines) is 1. The van der Waals surface area contributed by atoms with Crippen molar-refractivity contribution in [2.75, 3.05) is 38.5 Å². The molecule has 3 heterocycles. The molecule has 0 amide bonds. The zero-order valence-electron chi connectivity index (χ0n) is 18.1. The molecule has 0 radical (unpaired) electrons. The van der Waals surface area contributed by atoms with Gasteiger partial charge in [-0.25, -0.2) is 0 Å². The molecule has 3 aliphatic heterocycles. The summed E-state index contributed by atoms with van der Waals surface area (Å²) in [5.41, 5.74) is -0.757. The van der Waals surface area contributed by atoms with Gasteiger partial charge in [-0.2, -0.15) is 0 Å². The molecule has 3 aliphatic rings. The summed E-state index contributed by atoms with van der Waals surface area (Å²) in [5.74, 6) is -0.000460. The van der Waals surface area contributed by atoms with E-state index in [9.17, 15) is 0 Å². The lowest BCUT2D eigenvalue weighted by Gasteiger charge is -2.36. The molecule has 0 aliphatic carbocycles. The van der Waals surface area contributed by atoms with Crippen LogP contribution in [0.25, 0.3) is 0 Å². The third-order valence-corrected chi connectivity index (χ3v) is 3.73. The minimum atomic E-state index is -2.01. The maximum absolute atomic E-state index is 8.61. The molecule has 0 aromatic heterocycles. The number of fused-ring (bicyclic) bond motifs is 3. The number of benzene rings is 1. The molecule has 1 aromatic carbocycles. The van der Waals surface area contributed by atoms with Crippen molar-refractivity contribution in [1.29, 1.82) is 0 Å². The third-order valence-electron chi connectivity index (χ3n) is 3.73. The predicted molar refractivity (Wildman–Crippen MR) is 72.5 cm³/mol. The van der Waals surface area contributed by atoms with Crippen LogP contribution < -0.4 is 10.1 Å². The topological polar surface area (TPSA) is 24.5 Å². The Kier molecular flexibility index (Phi) is 1.09. The first-order valence-electron chi connectivity index (χ1n) is 10.4. The summed E-state index contributed by atoms with van der Waals surface area (Å²) < 4.78 is 72.2. The first kappa shape index (κ1) is 5.41. The molecule has 5 atom stereocenters. The number of piperidine rings is 1. The Morgan fingerprint density at radius 3 is 3.44 bits per heavy atom. The fourth-order valence-corrected chi connectivity index (χ4v) is 2.59. The summed E-state index contributed by atoms with van der Waals surface area (Å²) in [7, 11) is 1.58. The minimum Gasteiger partial charge on any atom is -0.492 e. The number of nitrogens with zero attached hydrogens (tertiary/aromatic N) is 1. The molecule has 96 valence electrons. The second-order valence-corrected chi connectivity index (χ2v) is 4.94. The van der Waals surface area contributed by atoms with Gasteiger partial charge in [0, 0.05) is 30.0 Å². The highest BCUT2D eigenvalue weighted by atomic mass is 16.5. The van der Waals surface area contributed by atoms with E-state index >= 15 is 0 Å². The van der Waals surface area contributed by atoms with E-state index in [4.69, 9.17) is 15.7 Å². The quantitative estimate of drug-likeness (QED) is 0.764. The van der Waals surface area contributed by atoms with E-state index in [0.717, 1.165) is 0 Å². The maximum Gasteiger partial charge on any atom is 0.123 e. The van der Waals surface area contributed by atoms with Crippen LogP contribution in [-0.4, -0.2) is 38.1 Å². The summed E-state index contributed by atoms with van der Waals surface area (Å²) in [5, 5.41) is 2.76. The normalized spacial score (nSPS) is 55.4. The van der Waals surface area contributed by atoms with Gasteiger partial charge in [0.05, 0.1) is 10.7 Å². The SMILES string of the molecule is [2H]c1c2c(c([2H])c3c1C([2H])C([2H])N3)C1(CCN(C)C([2H])([2H])C1[2H])C([2H])O2. The van der Waals surface area contributed by atoms with Crippen molar-refractivity contribution >= 4 is 5.69 Å². The number of nitrogens with one attached hydrogen (secondary N) is 1. The smallest absolute Gasteiger partial charge is 0.123 e. The van der Waals surface area contributed by atoms with E-state index in [1.165, 1.54) is 4.90 Å². The monoisotopic (exact) mass is 252 g/mol. The molecular weight excluding hydrogens is 224 g/mol. The van der Waals surface area contributed by atoms with Gasteiger partial charge in [-0.3, -0.25) is 0 Å². The standard InChI is InChI=1S/C15H20N2O/c1-17-6-3-15(4-7-17)10-18-14-8-11-2-5-16-13(11)9-12(14)15/h8-9,16H,2-7,10H2,1H3/i2D,3D,5D,6D2,8D,9D,10D. The molecule has 1 fully saturated rings. The van der Waals surface area contributed by atoms with Gasteiger partial charge in [-0.05, 0) is 57.0 Å². The van der Waals surface area contributed by atoms with Gasteiger partial charge in [0.15, 0.2) is 0 Å². The predicted octanol–water partition coefficient (Wildman–Crippen LogP) is 2.01. The van der Waals surface area contributed by atoms with Crippen LogP contribution in [0.4, 0.5) is 5.69 Å². The fourth-order valence-electron chi connectivity index (χ4n) is 2.59. The second kappa shape index (κ2) is 3.64. The third kappa shape index (κ3) is 1.40. The van der Waals surface area contributed by atoms with Gasteiger partial charge in [0.1, 0.15) is 5.75 Å². The molecule has 0 bridgehead atoms. The molecule has 5 unspecified atom stereocenters. The van der Waals surface area contributed by atoms with Gasteiger partial charge in [-0.1, -0.05) is 0 Å². The Balaban J connectivity index is 1.97. The molecule has 1 spiro atoms. The van der Waals surface area contributed by atoms with E-state index in [-0.39, 0.29) is 41.1 Å². The Hall–Kier alpha value is -1.22. The first-order chi connectivity index (χ1) is 12.0. The lowest BCUT2D eigenvalue weighted by Crippen LogP contribution is -2.41. The zero-order chi connectivity index (χ0) is 19.2. The average molecular weight is 252 g/mol. The van der Waals surface area contributed by atoms with Gasteiger partial charge in [0.2, 0.25) is 0 Å². The summed E-state index contributed by atoms with van der Waals surface area (Å²) in [6.45, 7) is -4.02. The molecule has 3 heteroatoms. The van der Waals surface area contributed by atoms with Crippen LogP contribution in [0.1, 0.15) is 34.9 Å². The molecule has 1 N–H and O–H groups in total. The molecular formula is C15H20N2O. The number of rotatable bonds is 0. The van der Waals surface area contributed by atoms with E-state index in [1.54, 1.807) is 7.05 Å². The van der Waals surface area contributed by atoms with Crippen LogP contribution in [0.3, 0.4) is 0 Å². The number of hydrogen-bond donors (Lipinski definition) is 1. The van der Waals surface area contributed by atoms with Gasteiger partial charge in [0.25, 0.3) is 0 Å². The molecule has 3 nitrogen and oxygen atoms in total. The summed E-state index contributed by atoms with van der Waals surface area (Å²) in [4.78, 5) is 1.43. The van der Waals surface area contributed by atoms with Gasteiger partial charge in [-0.15, -0.1) is 0 Å². The highest BCUT2D eigenvalue weighted by molar-refractivity contribution is 5.63. The van der Waals surface area contributed by atoms with E-state index in [2.05, 4.69) is 5.32 Å².